The van der Waals surface area contributed by atoms with Crippen LogP contribution in [0.2, 0.25) is 5.02 Å². The lowest BCUT2D eigenvalue weighted by Crippen LogP contribution is -2.44. The van der Waals surface area contributed by atoms with Crippen molar-refractivity contribution in [2.75, 3.05) is 13.7 Å². The van der Waals surface area contributed by atoms with Crippen molar-refractivity contribution in [3.63, 3.8) is 0 Å². The highest BCUT2D eigenvalue weighted by Crippen LogP contribution is 2.36. The van der Waals surface area contributed by atoms with Crippen LogP contribution in [-0.2, 0) is 11.2 Å². The van der Waals surface area contributed by atoms with E-state index < -0.39 is 0 Å². The quantitative estimate of drug-likeness (QED) is 0.785. The molecule has 1 aliphatic carbocycles. The van der Waals surface area contributed by atoms with Crippen molar-refractivity contribution in [1.82, 2.24) is 5.32 Å². The molecule has 0 radical (unpaired) electrons. The molecule has 0 amide bonds. The van der Waals surface area contributed by atoms with Gasteiger partial charge in [0, 0.05) is 18.2 Å². The summed E-state index contributed by atoms with van der Waals surface area (Å²) >= 11 is 6.07. The molecule has 2 rings (SSSR count). The van der Waals surface area contributed by atoms with Crippen LogP contribution in [0.15, 0.2) is 24.3 Å². The number of hydrogen-bond donors (Lipinski definition) is 1. The first-order valence-electron chi connectivity index (χ1n) is 7.25. The highest BCUT2D eigenvalue weighted by molar-refractivity contribution is 6.30. The Hall–Kier alpha value is -0.570. The molecule has 0 saturated heterocycles. The van der Waals surface area contributed by atoms with E-state index in [0.29, 0.717) is 12.1 Å². The third-order valence-corrected chi connectivity index (χ3v) is 3.99. The van der Waals surface area contributed by atoms with E-state index in [4.69, 9.17) is 16.3 Å². The molecule has 0 aromatic heterocycles. The van der Waals surface area contributed by atoms with Gasteiger partial charge >= 0.3 is 0 Å². The number of methoxy groups -OCH3 is 1. The zero-order valence-corrected chi connectivity index (χ0v) is 12.6. The summed E-state index contributed by atoms with van der Waals surface area (Å²) in [5.74, 6) is 0.735. The summed E-state index contributed by atoms with van der Waals surface area (Å²) in [6.07, 6.45) is 5.06. The Morgan fingerprint density at radius 3 is 2.79 bits per heavy atom. The van der Waals surface area contributed by atoms with E-state index in [9.17, 15) is 0 Å². The Morgan fingerprint density at radius 1 is 1.42 bits per heavy atom. The van der Waals surface area contributed by atoms with Crippen LogP contribution in [0.3, 0.4) is 0 Å². The molecule has 106 valence electrons. The summed E-state index contributed by atoms with van der Waals surface area (Å²) in [5, 5.41) is 4.45. The second-order valence-electron chi connectivity index (χ2n) is 5.43. The molecule has 2 nitrogen and oxygen atoms in total. The molecule has 0 aliphatic heterocycles. The van der Waals surface area contributed by atoms with E-state index in [2.05, 4.69) is 24.4 Å². The monoisotopic (exact) mass is 281 g/mol. The zero-order chi connectivity index (χ0) is 13.7. The maximum atomic E-state index is 6.07. The van der Waals surface area contributed by atoms with Gasteiger partial charge in [0.05, 0.1) is 6.10 Å². The third-order valence-electron chi connectivity index (χ3n) is 3.76. The highest BCUT2D eigenvalue weighted by atomic mass is 35.5. The van der Waals surface area contributed by atoms with E-state index in [-0.39, 0.29) is 0 Å². The summed E-state index contributed by atoms with van der Waals surface area (Å²) in [4.78, 5) is 0. The zero-order valence-electron chi connectivity index (χ0n) is 11.9. The van der Waals surface area contributed by atoms with E-state index in [1.165, 1.54) is 18.4 Å². The number of hydrogen-bond acceptors (Lipinski definition) is 2. The molecule has 19 heavy (non-hydrogen) atoms. The van der Waals surface area contributed by atoms with Crippen LogP contribution >= 0.6 is 11.6 Å². The number of ether oxygens (including phenoxy) is 1. The molecule has 3 heteroatoms. The maximum Gasteiger partial charge on any atom is 0.0755 e. The van der Waals surface area contributed by atoms with Gasteiger partial charge in [0.15, 0.2) is 0 Å². The minimum absolute atomic E-state index is 0.325. The van der Waals surface area contributed by atoms with Crippen LogP contribution < -0.4 is 5.32 Å². The van der Waals surface area contributed by atoms with Crippen molar-refractivity contribution in [2.24, 2.45) is 5.92 Å². The fraction of sp³-hybridized carbons (Fsp3) is 0.625. The van der Waals surface area contributed by atoms with Crippen molar-refractivity contribution in [3.8, 4) is 0 Å². The molecule has 1 aromatic rings. The van der Waals surface area contributed by atoms with Crippen molar-refractivity contribution in [2.45, 2.75) is 44.8 Å². The van der Waals surface area contributed by atoms with Gasteiger partial charge in [-0.2, -0.15) is 0 Å². The molecule has 0 bridgehead atoms. The summed E-state index contributed by atoms with van der Waals surface area (Å²) in [5.41, 5.74) is 1.28. The second kappa shape index (κ2) is 7.28. The van der Waals surface area contributed by atoms with Crippen LogP contribution in [0.4, 0.5) is 0 Å². The summed E-state index contributed by atoms with van der Waals surface area (Å²) in [6, 6.07) is 8.53. The van der Waals surface area contributed by atoms with E-state index in [1.54, 1.807) is 0 Å². The molecule has 1 saturated carbocycles. The van der Waals surface area contributed by atoms with Crippen LogP contribution in [0, 0.1) is 5.92 Å². The van der Waals surface area contributed by atoms with Gasteiger partial charge < -0.3 is 10.1 Å². The largest absolute Gasteiger partial charge is 0.380 e. The van der Waals surface area contributed by atoms with Gasteiger partial charge in [0.25, 0.3) is 0 Å². The first-order chi connectivity index (χ1) is 9.24. The Kier molecular flexibility index (Phi) is 5.68. The minimum Gasteiger partial charge on any atom is -0.380 e. The first-order valence-corrected chi connectivity index (χ1v) is 7.63. The molecule has 2 atom stereocenters. The van der Waals surface area contributed by atoms with E-state index >= 15 is 0 Å². The van der Waals surface area contributed by atoms with Gasteiger partial charge in [-0.1, -0.05) is 30.7 Å². The number of nitrogens with one attached hydrogen (secondary N) is 1. The summed E-state index contributed by atoms with van der Waals surface area (Å²) < 4.78 is 5.74. The van der Waals surface area contributed by atoms with Crippen molar-refractivity contribution >= 4 is 11.6 Å². The maximum absolute atomic E-state index is 6.07. The Morgan fingerprint density at radius 2 is 2.21 bits per heavy atom. The van der Waals surface area contributed by atoms with Crippen molar-refractivity contribution in [3.05, 3.63) is 34.9 Å². The molecular formula is C16H24ClNO. The molecule has 1 aromatic carbocycles. The van der Waals surface area contributed by atoms with E-state index in [1.807, 2.05) is 19.2 Å². The first kappa shape index (κ1) is 14.8. The average Bonchev–Trinajstić information content (AvgIpc) is 3.21. The molecular weight excluding hydrogens is 258 g/mol. The molecule has 1 aliphatic rings. The van der Waals surface area contributed by atoms with Gasteiger partial charge in [-0.25, -0.2) is 0 Å². The SMILES string of the molecule is CCCNC(Cc1cccc(Cl)c1)C(OC)C1CC1. The van der Waals surface area contributed by atoms with Gasteiger partial charge in [-0.15, -0.1) is 0 Å². The van der Waals surface area contributed by atoms with Crippen molar-refractivity contribution in [1.29, 1.82) is 0 Å². The third kappa shape index (κ3) is 4.48. The average molecular weight is 282 g/mol. The molecule has 1 N–H and O–H groups in total. The van der Waals surface area contributed by atoms with Gasteiger partial charge in [-0.05, 0) is 55.8 Å². The van der Waals surface area contributed by atoms with Gasteiger partial charge in [-0.3, -0.25) is 0 Å². The van der Waals surface area contributed by atoms with Crippen LogP contribution in [0.25, 0.3) is 0 Å². The number of benzene rings is 1. The normalized spacial score (nSPS) is 18.3. The minimum atomic E-state index is 0.325. The lowest BCUT2D eigenvalue weighted by atomic mass is 9.98. The standard InChI is InChI=1S/C16H24ClNO/c1-3-9-18-15(16(19-2)13-7-8-13)11-12-5-4-6-14(17)10-12/h4-6,10,13,15-16,18H,3,7-9,11H2,1-2H3. The lowest BCUT2D eigenvalue weighted by molar-refractivity contribution is 0.0511. The number of halogens is 1. The summed E-state index contributed by atoms with van der Waals surface area (Å²) in [6.45, 7) is 3.24. The smallest absolute Gasteiger partial charge is 0.0755 e. The number of rotatable bonds is 8. The molecule has 2 unspecified atom stereocenters. The van der Waals surface area contributed by atoms with E-state index in [0.717, 1.165) is 30.3 Å². The Balaban J connectivity index is 2.03. The Labute approximate surface area is 121 Å². The molecule has 1 fully saturated rings. The Bertz CT molecular complexity index is 392. The van der Waals surface area contributed by atoms with Gasteiger partial charge in [0.1, 0.15) is 0 Å². The predicted octanol–water partition coefficient (Wildman–Crippen LogP) is 3.68. The topological polar surface area (TPSA) is 21.3 Å². The summed E-state index contributed by atoms with van der Waals surface area (Å²) in [7, 11) is 1.83. The lowest BCUT2D eigenvalue weighted by Gasteiger charge is -2.27. The van der Waals surface area contributed by atoms with Crippen LogP contribution in [-0.4, -0.2) is 25.8 Å². The highest BCUT2D eigenvalue weighted by Gasteiger charge is 2.36. The fourth-order valence-corrected chi connectivity index (χ4v) is 2.87. The second-order valence-corrected chi connectivity index (χ2v) is 5.87. The van der Waals surface area contributed by atoms with Crippen molar-refractivity contribution < 1.29 is 4.74 Å². The van der Waals surface area contributed by atoms with Crippen LogP contribution in [0.1, 0.15) is 31.7 Å². The fourth-order valence-electron chi connectivity index (χ4n) is 2.66. The molecule has 0 heterocycles. The van der Waals surface area contributed by atoms with Crippen LogP contribution in [0.5, 0.6) is 0 Å². The molecule has 0 spiro atoms. The van der Waals surface area contributed by atoms with Gasteiger partial charge in [0.2, 0.25) is 0 Å². The predicted molar refractivity (Wildman–Crippen MR) is 80.8 cm³/mol.